The fourth-order valence-corrected chi connectivity index (χ4v) is 4.60. The quantitative estimate of drug-likeness (QED) is 0.315. The van der Waals surface area contributed by atoms with Gasteiger partial charge in [0.25, 0.3) is 0 Å². The Bertz CT molecular complexity index is 1190. The average molecular weight is 604 g/mol. The van der Waals surface area contributed by atoms with Gasteiger partial charge in [0, 0.05) is 25.1 Å². The van der Waals surface area contributed by atoms with Crippen LogP contribution in [0, 0.1) is 0 Å². The molecule has 5 rings (SSSR count). The van der Waals surface area contributed by atoms with Gasteiger partial charge in [0.15, 0.2) is 0 Å². The normalized spacial score (nSPS) is 13.7. The lowest BCUT2D eigenvalue weighted by atomic mass is 10.0. The third-order valence-corrected chi connectivity index (χ3v) is 6.80. The van der Waals surface area contributed by atoms with Gasteiger partial charge in [-0.2, -0.15) is 0 Å². The third kappa shape index (κ3) is 14.1. The van der Waals surface area contributed by atoms with Crippen LogP contribution < -0.4 is 22.5 Å². The summed E-state index contributed by atoms with van der Waals surface area (Å²) < 4.78 is 0. The van der Waals surface area contributed by atoms with Crippen LogP contribution in [0.3, 0.4) is 0 Å². The molecule has 2 atom stereocenters. The number of nitrogens with one attached hydrogen (secondary N) is 1. The van der Waals surface area contributed by atoms with Gasteiger partial charge in [-0.15, -0.1) is 0 Å². The Morgan fingerprint density at radius 2 is 1.27 bits per heavy atom. The molecule has 1 fully saturated rings. The summed E-state index contributed by atoms with van der Waals surface area (Å²) in [6.45, 7) is 7.00. The van der Waals surface area contributed by atoms with E-state index in [1.807, 2.05) is 50.2 Å². The van der Waals surface area contributed by atoms with Crippen LogP contribution >= 0.6 is 0 Å². The first-order valence-corrected chi connectivity index (χ1v) is 15.2. The second-order valence-electron chi connectivity index (χ2n) is 10.1. The maximum atomic E-state index is 12.7. The van der Waals surface area contributed by atoms with Crippen LogP contribution in [0.25, 0.3) is 0 Å². The van der Waals surface area contributed by atoms with Crippen molar-refractivity contribution in [1.29, 1.82) is 0 Å². The Morgan fingerprint density at radius 1 is 0.818 bits per heavy atom. The summed E-state index contributed by atoms with van der Waals surface area (Å²) in [5, 5.41) is 2.73. The van der Waals surface area contributed by atoms with E-state index in [2.05, 4.69) is 35.3 Å². The van der Waals surface area contributed by atoms with E-state index in [0.717, 1.165) is 18.4 Å². The van der Waals surface area contributed by atoms with Crippen molar-refractivity contribution >= 4 is 24.1 Å². The maximum absolute atomic E-state index is 12.7. The Morgan fingerprint density at radius 3 is 1.68 bits per heavy atom. The highest BCUT2D eigenvalue weighted by atomic mass is 16.2. The molecule has 238 valence electrons. The maximum Gasteiger partial charge on any atom is 0.248 e. The lowest BCUT2D eigenvalue weighted by molar-refractivity contribution is -0.135. The molecule has 0 spiro atoms. The highest BCUT2D eigenvalue weighted by molar-refractivity contribution is 5.93. The summed E-state index contributed by atoms with van der Waals surface area (Å²) >= 11 is 0. The molecule has 3 aromatic carbocycles. The first-order chi connectivity index (χ1) is 21.3. The second-order valence-corrected chi connectivity index (χ2v) is 10.1. The molecule has 44 heavy (non-hydrogen) atoms. The fourth-order valence-electron chi connectivity index (χ4n) is 4.60. The highest BCUT2D eigenvalue weighted by Crippen LogP contribution is 2.20. The molecule has 1 heterocycles. The van der Waals surface area contributed by atoms with E-state index in [0.29, 0.717) is 25.1 Å². The van der Waals surface area contributed by atoms with Crippen molar-refractivity contribution < 1.29 is 19.2 Å². The van der Waals surface area contributed by atoms with Gasteiger partial charge < -0.3 is 27.4 Å². The van der Waals surface area contributed by atoms with Crippen LogP contribution in [-0.2, 0) is 33.6 Å². The molecule has 0 bridgehead atoms. The molecule has 9 heteroatoms. The molecule has 1 saturated heterocycles. The summed E-state index contributed by atoms with van der Waals surface area (Å²) in [5.41, 5.74) is 19.4. The number of fused-ring (bicyclic) bond motifs is 1. The van der Waals surface area contributed by atoms with Crippen molar-refractivity contribution in [2.24, 2.45) is 17.2 Å². The molecular weight excluding hydrogens is 554 g/mol. The molecule has 0 aromatic heterocycles. The monoisotopic (exact) mass is 603 g/mol. The van der Waals surface area contributed by atoms with Crippen molar-refractivity contribution in [3.8, 4) is 0 Å². The van der Waals surface area contributed by atoms with E-state index < -0.39 is 18.0 Å². The number of aryl methyl sites for hydroxylation is 2. The van der Waals surface area contributed by atoms with Crippen molar-refractivity contribution in [3.63, 3.8) is 0 Å². The number of benzene rings is 3. The minimum atomic E-state index is -0.684. The summed E-state index contributed by atoms with van der Waals surface area (Å²) in [5.74, 6) is -0.960. The number of nitrogens with two attached hydrogens (primary N) is 3. The molecule has 3 aromatic rings. The standard InChI is InChI=1S/C17H24N4O3.C9H10.C6H6.C2H6.CH3NO/c1-11(18)16(23)20-14(17(24)21-8-2-3-9-21)10-12-4-6-13(7-5-12)15(19)22;1-2-5-9-7-3-6-8(9)4-1;1-2-4-6-5-3-1;1-2;2-1-3/h4-7,11,14H,2-3,8-10,18H2,1H3,(H2,19,22)(H,20,23);1-2,4-5H,3,6-7H2;1-6H;1-2H3;1H,(H2,2,3). The van der Waals surface area contributed by atoms with Crippen molar-refractivity contribution in [3.05, 3.63) is 107 Å². The molecule has 1 aliphatic carbocycles. The average Bonchev–Trinajstić information content (AvgIpc) is 3.76. The van der Waals surface area contributed by atoms with Crippen LogP contribution in [-0.4, -0.2) is 54.2 Å². The van der Waals surface area contributed by atoms with E-state index in [1.54, 1.807) is 47.2 Å². The molecule has 1 aliphatic heterocycles. The Hall–Kier alpha value is -4.50. The lowest BCUT2D eigenvalue weighted by Gasteiger charge is -2.25. The SMILES string of the molecule is CC.CC(N)C(=O)NC(Cc1ccc(C(N)=O)cc1)C(=O)N1CCCC1.NC=O.c1ccc2c(c1)CCC2.c1ccccc1. The van der Waals surface area contributed by atoms with Crippen LogP contribution in [0.1, 0.15) is 67.1 Å². The van der Waals surface area contributed by atoms with Gasteiger partial charge in [0.1, 0.15) is 6.04 Å². The second kappa shape index (κ2) is 22.1. The van der Waals surface area contributed by atoms with Gasteiger partial charge in [0.2, 0.25) is 24.1 Å². The topological polar surface area (TPSA) is 162 Å². The Labute approximate surface area is 262 Å². The molecule has 2 aliphatic rings. The summed E-state index contributed by atoms with van der Waals surface area (Å²) in [7, 11) is 0. The van der Waals surface area contributed by atoms with E-state index in [-0.39, 0.29) is 18.2 Å². The molecule has 7 N–H and O–H groups in total. The van der Waals surface area contributed by atoms with Gasteiger partial charge in [-0.1, -0.05) is 86.6 Å². The number of primary amides is 2. The number of hydrogen-bond acceptors (Lipinski definition) is 5. The smallest absolute Gasteiger partial charge is 0.248 e. The number of carbonyl (C=O) groups excluding carboxylic acids is 4. The van der Waals surface area contributed by atoms with Gasteiger partial charge in [-0.05, 0) is 67.9 Å². The van der Waals surface area contributed by atoms with Crippen LogP contribution in [0.15, 0.2) is 84.9 Å². The predicted octanol–water partition coefficient (Wildman–Crippen LogP) is 3.77. The van der Waals surface area contributed by atoms with Gasteiger partial charge in [0.05, 0.1) is 6.04 Å². The number of likely N-dealkylation sites (tertiary alicyclic amines) is 1. The van der Waals surface area contributed by atoms with E-state index in [1.165, 1.54) is 19.3 Å². The first-order valence-electron chi connectivity index (χ1n) is 15.2. The number of rotatable bonds is 6. The number of nitrogens with zero attached hydrogens (tertiary/aromatic N) is 1. The van der Waals surface area contributed by atoms with Gasteiger partial charge in [-0.3, -0.25) is 19.2 Å². The third-order valence-electron chi connectivity index (χ3n) is 6.80. The number of hydrogen-bond donors (Lipinski definition) is 4. The summed E-state index contributed by atoms with van der Waals surface area (Å²) in [4.78, 5) is 46.1. The van der Waals surface area contributed by atoms with E-state index >= 15 is 0 Å². The van der Waals surface area contributed by atoms with Gasteiger partial charge in [-0.25, -0.2) is 0 Å². The Kier molecular flexibility index (Phi) is 18.8. The molecular formula is C35H49N5O4. The van der Waals surface area contributed by atoms with Crippen molar-refractivity contribution in [1.82, 2.24) is 10.2 Å². The Balaban J connectivity index is 0.000000389. The summed E-state index contributed by atoms with van der Waals surface area (Å²) in [6.07, 6.45) is 6.51. The largest absolute Gasteiger partial charge is 0.372 e. The van der Waals surface area contributed by atoms with E-state index in [9.17, 15) is 14.4 Å². The molecule has 4 amide bonds. The van der Waals surface area contributed by atoms with E-state index in [4.69, 9.17) is 16.3 Å². The van der Waals surface area contributed by atoms with Gasteiger partial charge >= 0.3 is 0 Å². The minimum Gasteiger partial charge on any atom is -0.372 e. The fraction of sp³-hybridized carbons (Fsp3) is 0.371. The molecule has 2 unspecified atom stereocenters. The first kappa shape index (κ1) is 37.5. The minimum absolute atomic E-state index is 0.0968. The van der Waals surface area contributed by atoms with Crippen molar-refractivity contribution in [2.45, 2.75) is 71.4 Å². The summed E-state index contributed by atoms with van der Waals surface area (Å²) in [6, 6.07) is 26.1. The van der Waals surface area contributed by atoms with Crippen LogP contribution in [0.4, 0.5) is 0 Å². The molecule has 0 saturated carbocycles. The zero-order chi connectivity index (χ0) is 32.7. The number of amides is 4. The number of carbonyl (C=O) groups is 4. The highest BCUT2D eigenvalue weighted by Gasteiger charge is 2.28. The molecule has 9 nitrogen and oxygen atoms in total. The zero-order valence-electron chi connectivity index (χ0n) is 26.3. The lowest BCUT2D eigenvalue weighted by Crippen LogP contribution is -2.52. The zero-order valence-corrected chi connectivity index (χ0v) is 26.3. The molecule has 0 radical (unpaired) electrons. The predicted molar refractivity (Wildman–Crippen MR) is 177 cm³/mol. The van der Waals surface area contributed by atoms with Crippen LogP contribution in [0.5, 0.6) is 0 Å². The van der Waals surface area contributed by atoms with Crippen LogP contribution in [0.2, 0.25) is 0 Å². The van der Waals surface area contributed by atoms with Crippen molar-refractivity contribution in [2.75, 3.05) is 13.1 Å².